The van der Waals surface area contributed by atoms with Crippen molar-refractivity contribution in [3.8, 4) is 0 Å². The first-order valence-corrected chi connectivity index (χ1v) is 25.3. The molecule has 0 unspecified atom stereocenters. The van der Waals surface area contributed by atoms with Gasteiger partial charge in [0.05, 0.1) is 18.2 Å². The second-order valence-corrected chi connectivity index (χ2v) is 24.2. The maximum atomic E-state index is 12.9. The molecule has 0 spiro atoms. The molecule has 0 bridgehead atoms. The summed E-state index contributed by atoms with van der Waals surface area (Å²) in [5, 5.41) is 17.4. The Balaban J connectivity index is -0.000000889. The van der Waals surface area contributed by atoms with Gasteiger partial charge in [-0.05, 0) is 79.7 Å². The predicted molar refractivity (Wildman–Crippen MR) is 240 cm³/mol. The van der Waals surface area contributed by atoms with Crippen LogP contribution in [-0.4, -0.2) is 104 Å². The summed E-state index contributed by atoms with van der Waals surface area (Å²) in [6, 6.07) is 5.20. The van der Waals surface area contributed by atoms with Crippen LogP contribution in [0.1, 0.15) is 48.4 Å². The molecule has 0 saturated carbocycles. The minimum atomic E-state index is -9.89. The summed E-state index contributed by atoms with van der Waals surface area (Å²) in [6.45, 7) is 1.02. The number of hydroxylamine groups is 2. The molecule has 420 valence electrons. The Morgan fingerprint density at radius 2 is 0.795 bits per heavy atom. The van der Waals surface area contributed by atoms with Gasteiger partial charge in [-0.15, -0.1) is 0 Å². The quantitative estimate of drug-likeness (QED) is 0.0330. The van der Waals surface area contributed by atoms with E-state index < -0.39 is 112 Å². The Hall–Kier alpha value is -4.43. The van der Waals surface area contributed by atoms with E-state index in [1.165, 1.54) is 38.0 Å². The van der Waals surface area contributed by atoms with Gasteiger partial charge in [-0.3, -0.25) is 14.4 Å². The molecule has 0 atom stereocenters. The number of hydrogen-bond donors (Lipinski definition) is 3. The van der Waals surface area contributed by atoms with Crippen LogP contribution in [0.25, 0.3) is 0 Å². The number of nitrogens with zero attached hydrogens (tertiary/aromatic N) is 3. The third-order valence-electron chi connectivity index (χ3n) is 8.07. The molecule has 1 amide bonds. The van der Waals surface area contributed by atoms with Crippen LogP contribution < -0.4 is 32.5 Å². The van der Waals surface area contributed by atoms with E-state index in [0.717, 1.165) is 39.3 Å². The molecular weight excluding hydrogens is 1210 g/mol. The van der Waals surface area contributed by atoms with E-state index in [2.05, 4.69) is 4.84 Å². The normalized spacial score (nSPS) is 15.2. The summed E-state index contributed by atoms with van der Waals surface area (Å²) < 4.78 is 251. The van der Waals surface area contributed by atoms with E-state index in [0.29, 0.717) is 29.3 Å². The molecule has 4 aromatic rings. The van der Waals surface area contributed by atoms with Crippen LogP contribution in [0, 0.1) is 7.43 Å². The largest absolute Gasteiger partial charge is 2.00 e. The first kappa shape index (κ1) is 72.8. The number of nitrogens with two attached hydrogens (primary N) is 1. The van der Waals surface area contributed by atoms with Gasteiger partial charge in [0.2, 0.25) is 0 Å². The second-order valence-electron chi connectivity index (χ2n) is 14.6. The molecule has 0 aliphatic heterocycles. The van der Waals surface area contributed by atoms with E-state index in [-0.39, 0.29) is 95.2 Å². The van der Waals surface area contributed by atoms with Gasteiger partial charge in [0.1, 0.15) is 19.6 Å². The van der Waals surface area contributed by atoms with E-state index in [4.69, 9.17) is 15.9 Å². The van der Waals surface area contributed by atoms with Crippen molar-refractivity contribution in [2.45, 2.75) is 26.5 Å². The summed E-state index contributed by atoms with van der Waals surface area (Å²) in [6.07, 6.45) is 0. The number of nitrogen functional groups attached to an aromatic ring is 1. The van der Waals surface area contributed by atoms with E-state index in [1.807, 2.05) is 0 Å². The Morgan fingerprint density at radius 1 is 0.479 bits per heavy atom. The standard InChI is InChI=1S/C11H15F5N2O2S.C10H12F5NOS.C7H6F5NO2S.C7H5F5O2S.CH3.BrH.Mg/c1-17(2)9-5-8(11(19)18(3)20-4)6-10(7-9)21(12,13,14,15)16;1-7(17)8-4-9(16(2)3)6-10(5-8)18(11,12,13,14)15;8-16(9,10,11,12)6-2-4(7(14)15)1-5(13)3-6;8-15(9,10,11,12)6-3-1-2-5(4-6)7(13)14;;;/h5-7H,1-4H3;4-6H,1-3H3;1-3H,13H2,(H,14,15);1-4H,(H,13,14);1H3;1H;/q;;;;-1;;+2/p-1. The van der Waals surface area contributed by atoms with Crippen molar-refractivity contribution in [1.82, 2.24) is 5.06 Å². The second kappa shape index (κ2) is 19.6. The third kappa shape index (κ3) is 23.3. The molecule has 0 saturated heterocycles. The molecule has 0 fully saturated rings. The summed E-state index contributed by atoms with van der Waals surface area (Å²) in [7, 11) is -31.5. The van der Waals surface area contributed by atoms with E-state index >= 15 is 0 Å². The average Bonchev–Trinajstić information content (AvgIpc) is 3.13. The molecule has 11 nitrogen and oxygen atoms in total. The van der Waals surface area contributed by atoms with Gasteiger partial charge in [-0.25, -0.2) is 14.7 Å². The topological polar surface area (TPSA) is 154 Å². The number of carboxylic acids is 2. The minimum Gasteiger partial charge on any atom is -1.00 e. The molecule has 0 radical (unpaired) electrons. The predicted octanol–water partition coefficient (Wildman–Crippen LogP) is 13.4. The number of carbonyl (C=O) groups excluding carboxylic acids is 2. The van der Waals surface area contributed by atoms with Gasteiger partial charge >= 0.3 is 75.9 Å². The van der Waals surface area contributed by atoms with Crippen molar-refractivity contribution in [3.63, 3.8) is 0 Å². The number of aromatic carboxylic acids is 2. The minimum absolute atomic E-state index is 0. The van der Waals surface area contributed by atoms with Crippen LogP contribution in [-0.2, 0) is 4.84 Å². The van der Waals surface area contributed by atoms with Gasteiger partial charge in [0.15, 0.2) is 5.78 Å². The van der Waals surface area contributed by atoms with Gasteiger partial charge in [-0.2, -0.15) is 0 Å². The zero-order valence-electron chi connectivity index (χ0n) is 38.1. The first-order chi connectivity index (χ1) is 30.0. The number of carboxylic acid groups (broad SMARTS) is 2. The van der Waals surface area contributed by atoms with Gasteiger partial charge in [0.25, 0.3) is 5.91 Å². The molecule has 4 aromatic carbocycles. The van der Waals surface area contributed by atoms with Crippen molar-refractivity contribution in [1.29, 1.82) is 0 Å². The number of amides is 1. The molecule has 4 N–H and O–H groups in total. The summed E-state index contributed by atoms with van der Waals surface area (Å²) >= 11 is 0. The molecule has 37 heteroatoms. The summed E-state index contributed by atoms with van der Waals surface area (Å²) in [5.74, 6) is -5.14. The van der Waals surface area contributed by atoms with Crippen molar-refractivity contribution < 1.29 is 129 Å². The maximum absolute atomic E-state index is 12.9. The van der Waals surface area contributed by atoms with Crippen LogP contribution in [0.5, 0.6) is 0 Å². The number of hydrogen-bond acceptors (Lipinski definition) is 8. The Kier molecular flexibility index (Phi) is 19.6. The molecular formula is C36H41BrF20MgN4O7S4. The fourth-order valence-corrected chi connectivity index (χ4v) is 7.34. The van der Waals surface area contributed by atoms with Crippen molar-refractivity contribution in [2.75, 3.05) is 57.9 Å². The molecule has 0 heterocycles. The van der Waals surface area contributed by atoms with E-state index in [9.17, 15) is 96.9 Å². The molecule has 0 aromatic heterocycles. The van der Waals surface area contributed by atoms with Crippen molar-refractivity contribution in [3.05, 3.63) is 109 Å². The summed E-state index contributed by atoms with van der Waals surface area (Å²) in [4.78, 5) is 41.9. The van der Waals surface area contributed by atoms with E-state index in [1.54, 1.807) is 0 Å². The van der Waals surface area contributed by atoms with Gasteiger partial charge < -0.3 is 50.2 Å². The smallest absolute Gasteiger partial charge is 1.00 e. The zero-order valence-corrected chi connectivity index (χ0v) is 44.4. The van der Waals surface area contributed by atoms with Gasteiger partial charge in [-0.1, -0.05) is 83.8 Å². The monoisotopic (exact) mass is 1250 g/mol. The molecule has 0 aliphatic rings. The fraction of sp³-hybridized carbons (Fsp3) is 0.194. The van der Waals surface area contributed by atoms with Gasteiger partial charge in [0, 0.05) is 63.4 Å². The number of anilines is 3. The van der Waals surface area contributed by atoms with Crippen molar-refractivity contribution >= 4 is 105 Å². The number of ketones is 1. The molecule has 0 aliphatic carbocycles. The number of halogens is 21. The number of benzene rings is 4. The first-order valence-electron chi connectivity index (χ1n) is 17.5. The van der Waals surface area contributed by atoms with Crippen LogP contribution in [0.15, 0.2) is 98.4 Å². The Bertz CT molecular complexity index is 2750. The van der Waals surface area contributed by atoms with Crippen LogP contribution in [0.2, 0.25) is 0 Å². The van der Waals surface area contributed by atoms with Crippen LogP contribution >= 0.6 is 40.9 Å². The van der Waals surface area contributed by atoms with Crippen LogP contribution in [0.3, 0.4) is 0 Å². The average molecular weight is 1250 g/mol. The maximum Gasteiger partial charge on any atom is 2.00 e. The Labute approximate surface area is 429 Å². The fourth-order valence-electron chi connectivity index (χ4n) is 4.56. The van der Waals surface area contributed by atoms with Crippen LogP contribution in [0.4, 0.5) is 94.8 Å². The molecule has 4 rings (SSSR count). The molecule has 73 heavy (non-hydrogen) atoms. The zero-order chi connectivity index (χ0) is 55.9. The summed E-state index contributed by atoms with van der Waals surface area (Å²) in [5.41, 5.74) is 1.24. The van der Waals surface area contributed by atoms with Crippen molar-refractivity contribution in [2.24, 2.45) is 0 Å². The number of Topliss-reactive ketones (excluding diaryl/α,β-unsaturated/α-hetero) is 1. The number of rotatable bonds is 11. The third-order valence-corrected chi connectivity index (χ3v) is 12.6. The number of carbonyl (C=O) groups is 4. The Morgan fingerprint density at radius 3 is 1.11 bits per heavy atom. The SMILES string of the molecule is CC(=O)c1cc(N(C)C)cc(S(F)(F)(F)(F)F)c1.CON(C)C(=O)c1cc(N(C)C)cc(S(F)(F)(F)(F)F)c1.Nc1cc(C(=O)O)cc(S(F)(F)(F)(F)F)c1.O=C(O)c1cccc(S(F)(F)(F)(F)F)c1.[Br-].[CH3-].[Mg+2].